The highest BCUT2D eigenvalue weighted by Crippen LogP contribution is 2.49. The van der Waals surface area contributed by atoms with Crippen LogP contribution in [0.3, 0.4) is 0 Å². The quantitative estimate of drug-likeness (QED) is 0.655. The summed E-state index contributed by atoms with van der Waals surface area (Å²) in [5.74, 6) is 0. The molecule has 1 N–H and O–H groups in total. The highest BCUT2D eigenvalue weighted by molar-refractivity contribution is 4.97. The van der Waals surface area contributed by atoms with Gasteiger partial charge < -0.3 is 5.32 Å². The van der Waals surface area contributed by atoms with Crippen LogP contribution in [0.5, 0.6) is 0 Å². The summed E-state index contributed by atoms with van der Waals surface area (Å²) in [6, 6.07) is 0. The van der Waals surface area contributed by atoms with Gasteiger partial charge >= 0.3 is 0 Å². The maximum Gasteiger partial charge on any atom is 0.0181 e. The van der Waals surface area contributed by atoms with Gasteiger partial charge in [0.05, 0.1) is 0 Å². The zero-order valence-electron chi connectivity index (χ0n) is 11.4. The monoisotopic (exact) mass is 235 g/mol. The van der Waals surface area contributed by atoms with E-state index in [1.165, 1.54) is 77.2 Å². The second-order valence-electron chi connectivity index (χ2n) is 7.08. The molecule has 0 aromatic heterocycles. The van der Waals surface area contributed by atoms with Crippen LogP contribution in [0.25, 0.3) is 0 Å². The molecule has 1 nitrogen and oxygen atoms in total. The largest absolute Gasteiger partial charge is 0.311 e. The molecule has 1 heteroatoms. The first-order valence-electron chi connectivity index (χ1n) is 8.08. The van der Waals surface area contributed by atoms with Crippen molar-refractivity contribution in [3.63, 3.8) is 0 Å². The summed E-state index contributed by atoms with van der Waals surface area (Å²) in [7, 11) is 0. The van der Waals surface area contributed by atoms with Gasteiger partial charge in [0.2, 0.25) is 0 Å². The van der Waals surface area contributed by atoms with Gasteiger partial charge in [-0.25, -0.2) is 0 Å². The molecular weight excluding hydrogens is 206 g/mol. The lowest BCUT2D eigenvalue weighted by Crippen LogP contribution is -2.48. The number of piperidine rings is 1. The predicted octanol–water partition coefficient (Wildman–Crippen LogP) is 4.41. The van der Waals surface area contributed by atoms with Crippen LogP contribution < -0.4 is 5.32 Å². The van der Waals surface area contributed by atoms with Crippen LogP contribution in [0.1, 0.15) is 83.5 Å². The average molecular weight is 235 g/mol. The molecule has 2 spiro atoms. The molecule has 3 aliphatic rings. The minimum atomic E-state index is 0.569. The number of nitrogens with one attached hydrogen (secondary N) is 1. The van der Waals surface area contributed by atoms with Gasteiger partial charge in [-0.2, -0.15) is 0 Å². The van der Waals surface area contributed by atoms with Gasteiger partial charge in [-0.05, 0) is 63.3 Å². The third-order valence-corrected chi connectivity index (χ3v) is 5.99. The van der Waals surface area contributed by atoms with Crippen molar-refractivity contribution in [2.45, 2.75) is 89.0 Å². The molecule has 1 heterocycles. The summed E-state index contributed by atoms with van der Waals surface area (Å²) in [6.45, 7) is 1.28. The molecule has 17 heavy (non-hydrogen) atoms. The summed E-state index contributed by atoms with van der Waals surface area (Å²) in [5.41, 5.74) is 1.35. The summed E-state index contributed by atoms with van der Waals surface area (Å²) in [5, 5.41) is 3.90. The third-order valence-electron chi connectivity index (χ3n) is 5.99. The summed E-state index contributed by atoms with van der Waals surface area (Å²) >= 11 is 0. The van der Waals surface area contributed by atoms with E-state index >= 15 is 0 Å². The molecule has 2 aliphatic carbocycles. The molecule has 0 amide bonds. The fourth-order valence-electron chi connectivity index (χ4n) is 4.82. The van der Waals surface area contributed by atoms with Crippen LogP contribution >= 0.6 is 0 Å². The molecule has 0 radical (unpaired) electrons. The second-order valence-corrected chi connectivity index (χ2v) is 7.08. The van der Waals surface area contributed by atoms with Crippen molar-refractivity contribution in [1.29, 1.82) is 0 Å². The normalized spacial score (nSPS) is 38.1. The molecule has 98 valence electrons. The molecule has 0 aromatic rings. The Kier molecular flexibility index (Phi) is 3.47. The molecule has 3 fully saturated rings. The summed E-state index contributed by atoms with van der Waals surface area (Å²) in [4.78, 5) is 0. The number of rotatable bonds is 0. The Morgan fingerprint density at radius 1 is 0.529 bits per heavy atom. The SMILES string of the molecule is C1CCC2(CC1)CCCC1(CCCCN1)CC2. The fourth-order valence-corrected chi connectivity index (χ4v) is 4.82. The van der Waals surface area contributed by atoms with E-state index in [4.69, 9.17) is 0 Å². The van der Waals surface area contributed by atoms with Gasteiger partial charge in [-0.1, -0.05) is 32.1 Å². The molecule has 3 rings (SSSR count). The minimum absolute atomic E-state index is 0.569. The van der Waals surface area contributed by atoms with Crippen molar-refractivity contribution >= 4 is 0 Å². The standard InChI is InChI=1S/C16H29N/c1-2-7-15(8-3-1)9-6-11-16(13-12-15)10-4-5-14-17-16/h17H,1-14H2. The van der Waals surface area contributed by atoms with E-state index in [1.807, 2.05) is 0 Å². The Labute approximate surface area is 107 Å². The Balaban J connectivity index is 1.66. The number of hydrogen-bond donors (Lipinski definition) is 1. The Morgan fingerprint density at radius 3 is 2.00 bits per heavy atom. The van der Waals surface area contributed by atoms with Gasteiger partial charge in [0.15, 0.2) is 0 Å². The van der Waals surface area contributed by atoms with Crippen molar-refractivity contribution < 1.29 is 0 Å². The topological polar surface area (TPSA) is 12.0 Å². The number of hydrogen-bond acceptors (Lipinski definition) is 1. The molecule has 2 saturated carbocycles. The van der Waals surface area contributed by atoms with Crippen LogP contribution in [-0.2, 0) is 0 Å². The van der Waals surface area contributed by atoms with Crippen LogP contribution in [0, 0.1) is 5.41 Å². The second kappa shape index (κ2) is 4.91. The summed E-state index contributed by atoms with van der Waals surface area (Å²) < 4.78 is 0. The van der Waals surface area contributed by atoms with E-state index in [9.17, 15) is 0 Å². The van der Waals surface area contributed by atoms with E-state index in [2.05, 4.69) is 5.32 Å². The Bertz CT molecular complexity index is 220. The highest BCUT2D eigenvalue weighted by Gasteiger charge is 2.40. The zero-order valence-corrected chi connectivity index (χ0v) is 11.4. The van der Waals surface area contributed by atoms with Crippen molar-refractivity contribution in [2.75, 3.05) is 6.54 Å². The lowest BCUT2D eigenvalue weighted by molar-refractivity contribution is 0.149. The van der Waals surface area contributed by atoms with Gasteiger partial charge in [0.1, 0.15) is 0 Å². The lowest BCUT2D eigenvalue weighted by atomic mass is 9.69. The van der Waals surface area contributed by atoms with E-state index in [1.54, 1.807) is 12.8 Å². The zero-order chi connectivity index (χ0) is 11.6. The van der Waals surface area contributed by atoms with Gasteiger partial charge in [-0.3, -0.25) is 0 Å². The maximum absolute atomic E-state index is 3.90. The Morgan fingerprint density at radius 2 is 1.24 bits per heavy atom. The van der Waals surface area contributed by atoms with Crippen molar-refractivity contribution in [2.24, 2.45) is 5.41 Å². The van der Waals surface area contributed by atoms with Gasteiger partial charge in [0, 0.05) is 5.54 Å². The van der Waals surface area contributed by atoms with Gasteiger partial charge in [-0.15, -0.1) is 0 Å². The minimum Gasteiger partial charge on any atom is -0.311 e. The molecule has 0 bridgehead atoms. The van der Waals surface area contributed by atoms with E-state index < -0.39 is 0 Å². The molecule has 1 saturated heterocycles. The van der Waals surface area contributed by atoms with Crippen molar-refractivity contribution in [3.05, 3.63) is 0 Å². The van der Waals surface area contributed by atoms with Crippen LogP contribution in [0.15, 0.2) is 0 Å². The van der Waals surface area contributed by atoms with E-state index in [0.29, 0.717) is 5.54 Å². The van der Waals surface area contributed by atoms with Crippen molar-refractivity contribution in [3.8, 4) is 0 Å². The highest BCUT2D eigenvalue weighted by atomic mass is 15.0. The first kappa shape index (κ1) is 12.0. The Hall–Kier alpha value is -0.0400. The smallest absolute Gasteiger partial charge is 0.0181 e. The third kappa shape index (κ3) is 2.54. The van der Waals surface area contributed by atoms with Crippen molar-refractivity contribution in [1.82, 2.24) is 5.32 Å². The predicted molar refractivity (Wildman–Crippen MR) is 73.2 cm³/mol. The van der Waals surface area contributed by atoms with Crippen LogP contribution in [-0.4, -0.2) is 12.1 Å². The van der Waals surface area contributed by atoms with E-state index in [0.717, 1.165) is 5.41 Å². The van der Waals surface area contributed by atoms with E-state index in [-0.39, 0.29) is 0 Å². The first-order chi connectivity index (χ1) is 8.33. The molecule has 1 atom stereocenters. The first-order valence-corrected chi connectivity index (χ1v) is 8.08. The van der Waals surface area contributed by atoms with Gasteiger partial charge in [0.25, 0.3) is 0 Å². The fraction of sp³-hybridized carbons (Fsp3) is 1.00. The summed E-state index contributed by atoms with van der Waals surface area (Å²) in [6.07, 6.45) is 19.5. The van der Waals surface area contributed by atoms with Crippen LogP contribution in [0.2, 0.25) is 0 Å². The van der Waals surface area contributed by atoms with Crippen LogP contribution in [0.4, 0.5) is 0 Å². The molecule has 1 aliphatic heterocycles. The molecular formula is C16H29N. The average Bonchev–Trinajstić information content (AvgIpc) is 2.54. The lowest BCUT2D eigenvalue weighted by Gasteiger charge is -2.40. The molecule has 1 unspecified atom stereocenters. The maximum atomic E-state index is 3.90. The molecule has 0 aromatic carbocycles.